The van der Waals surface area contributed by atoms with Crippen molar-refractivity contribution >= 4 is 34.9 Å². The third-order valence-corrected chi connectivity index (χ3v) is 7.21. The summed E-state index contributed by atoms with van der Waals surface area (Å²) in [5.41, 5.74) is 0. The highest BCUT2D eigenvalue weighted by Gasteiger charge is 2.45. The molecular weight excluding hydrogens is 326 g/mol. The summed E-state index contributed by atoms with van der Waals surface area (Å²) in [5.74, 6) is -0.351. The van der Waals surface area contributed by atoms with Crippen molar-refractivity contribution in [2.45, 2.75) is 51.9 Å². The van der Waals surface area contributed by atoms with Gasteiger partial charge < -0.3 is 14.8 Å². The number of nitrogens with one attached hydrogen (secondary N) is 1. The number of rotatable bonds is 5. The molecule has 2 atom stereocenters. The number of thioether (sulfide) groups is 2. The van der Waals surface area contributed by atoms with Crippen LogP contribution in [0.25, 0.3) is 0 Å². The first-order valence-electron chi connectivity index (χ1n) is 7.30. The molecule has 1 aliphatic carbocycles. The second-order valence-electron chi connectivity index (χ2n) is 5.21. The Labute approximate surface area is 138 Å². The van der Waals surface area contributed by atoms with Gasteiger partial charge >= 0.3 is 0 Å². The van der Waals surface area contributed by atoms with E-state index in [2.05, 4.69) is 22.4 Å². The number of nitrogens with zero attached hydrogens (tertiary/aromatic N) is 2. The highest BCUT2D eigenvalue weighted by atomic mass is 32.2. The van der Waals surface area contributed by atoms with Crippen molar-refractivity contribution in [3.05, 3.63) is 0 Å². The molecule has 1 N–H and O–H groups in total. The Balaban J connectivity index is 1.70. The monoisotopic (exact) mass is 347 g/mol. The smallest absolute Gasteiger partial charge is 0.175 e. The van der Waals surface area contributed by atoms with Gasteiger partial charge in [-0.3, -0.25) is 0 Å². The normalized spacial score (nSPS) is 28.3. The largest absolute Gasteiger partial charge is 0.347 e. The van der Waals surface area contributed by atoms with E-state index >= 15 is 0 Å². The number of hydrogen-bond donors (Lipinski definition) is 1. The van der Waals surface area contributed by atoms with Crippen LogP contribution in [0.2, 0.25) is 0 Å². The third kappa shape index (κ3) is 3.73. The van der Waals surface area contributed by atoms with Crippen LogP contribution in [0.1, 0.15) is 26.2 Å². The average molecular weight is 348 g/mol. The summed E-state index contributed by atoms with van der Waals surface area (Å²) in [7, 11) is 0. The van der Waals surface area contributed by atoms with E-state index < -0.39 is 0 Å². The van der Waals surface area contributed by atoms with Crippen LogP contribution >= 0.6 is 34.9 Å². The Morgan fingerprint density at radius 1 is 1.33 bits per heavy atom. The zero-order valence-electron chi connectivity index (χ0n) is 12.3. The molecule has 2 aliphatic rings. The van der Waals surface area contributed by atoms with Crippen molar-refractivity contribution < 1.29 is 9.47 Å². The van der Waals surface area contributed by atoms with Crippen LogP contribution in [0.4, 0.5) is 0 Å². The summed E-state index contributed by atoms with van der Waals surface area (Å²) in [6.45, 7) is 4.59. The molecule has 3 rings (SSSR count). The van der Waals surface area contributed by atoms with Gasteiger partial charge in [-0.05, 0) is 19.2 Å². The van der Waals surface area contributed by atoms with Gasteiger partial charge in [-0.2, -0.15) is 0 Å². The van der Waals surface area contributed by atoms with Crippen molar-refractivity contribution in [3.8, 4) is 0 Å². The van der Waals surface area contributed by atoms with Crippen LogP contribution in [0.15, 0.2) is 8.68 Å². The van der Waals surface area contributed by atoms with Gasteiger partial charge in [0, 0.05) is 24.1 Å². The predicted octanol–water partition coefficient (Wildman–Crippen LogP) is 2.63. The van der Waals surface area contributed by atoms with Gasteiger partial charge in [-0.1, -0.05) is 41.8 Å². The Bertz CT molecular complexity index is 465. The molecule has 1 spiro atoms. The van der Waals surface area contributed by atoms with Crippen molar-refractivity contribution in [1.29, 1.82) is 0 Å². The molecule has 8 heteroatoms. The summed E-state index contributed by atoms with van der Waals surface area (Å²) in [6.07, 6.45) is 5.02. The van der Waals surface area contributed by atoms with Crippen LogP contribution in [0.3, 0.4) is 0 Å². The van der Waals surface area contributed by atoms with Crippen molar-refractivity contribution in [2.75, 3.05) is 26.0 Å². The lowest BCUT2D eigenvalue weighted by Crippen LogP contribution is -2.49. The van der Waals surface area contributed by atoms with E-state index in [1.807, 2.05) is 18.0 Å². The molecule has 1 aromatic heterocycles. The summed E-state index contributed by atoms with van der Waals surface area (Å²) in [6, 6.07) is 0.486. The SMILES string of the molecule is CCNC1CCC2(CC1Sc1nnc(SC)s1)OCCO2. The molecule has 1 saturated carbocycles. The minimum Gasteiger partial charge on any atom is -0.347 e. The van der Waals surface area contributed by atoms with Crippen LogP contribution in [0, 0.1) is 0 Å². The van der Waals surface area contributed by atoms with Gasteiger partial charge in [0.1, 0.15) is 0 Å². The lowest BCUT2D eigenvalue weighted by atomic mass is 9.89. The van der Waals surface area contributed by atoms with Crippen LogP contribution in [-0.4, -0.2) is 53.3 Å². The van der Waals surface area contributed by atoms with Crippen molar-refractivity contribution in [1.82, 2.24) is 15.5 Å². The molecule has 2 fully saturated rings. The van der Waals surface area contributed by atoms with E-state index in [4.69, 9.17) is 9.47 Å². The Morgan fingerprint density at radius 2 is 2.10 bits per heavy atom. The second-order valence-corrected chi connectivity index (χ2v) is 8.73. The third-order valence-electron chi connectivity index (χ3n) is 3.89. The molecule has 1 aromatic rings. The maximum atomic E-state index is 5.90. The van der Waals surface area contributed by atoms with Gasteiger partial charge in [0.2, 0.25) is 0 Å². The lowest BCUT2D eigenvalue weighted by Gasteiger charge is -2.40. The molecule has 2 unspecified atom stereocenters. The maximum Gasteiger partial charge on any atom is 0.175 e. The van der Waals surface area contributed by atoms with E-state index in [1.54, 1.807) is 23.1 Å². The van der Waals surface area contributed by atoms with Crippen LogP contribution in [0.5, 0.6) is 0 Å². The van der Waals surface area contributed by atoms with E-state index in [-0.39, 0.29) is 5.79 Å². The van der Waals surface area contributed by atoms with Gasteiger partial charge in [0.05, 0.1) is 13.2 Å². The minimum absolute atomic E-state index is 0.351. The Hall–Kier alpha value is 0.140. The molecule has 21 heavy (non-hydrogen) atoms. The van der Waals surface area contributed by atoms with Gasteiger partial charge in [-0.15, -0.1) is 10.2 Å². The first-order chi connectivity index (χ1) is 10.2. The Morgan fingerprint density at radius 3 is 2.76 bits per heavy atom. The van der Waals surface area contributed by atoms with E-state index in [1.165, 1.54) is 0 Å². The first-order valence-corrected chi connectivity index (χ1v) is 10.2. The molecule has 1 saturated heterocycles. The summed E-state index contributed by atoms with van der Waals surface area (Å²) < 4.78 is 13.9. The van der Waals surface area contributed by atoms with Gasteiger partial charge in [0.25, 0.3) is 0 Å². The zero-order chi connectivity index (χ0) is 14.7. The van der Waals surface area contributed by atoms with E-state index in [0.717, 1.165) is 47.7 Å². The standard InChI is InChI=1S/C13H21N3O2S3/c1-3-14-9-4-5-13(17-6-7-18-13)8-10(9)20-12-16-15-11(19-2)21-12/h9-10,14H,3-8H2,1-2H3. The van der Waals surface area contributed by atoms with E-state index in [9.17, 15) is 0 Å². The lowest BCUT2D eigenvalue weighted by molar-refractivity contribution is -0.178. The number of ether oxygens (including phenoxy) is 2. The maximum absolute atomic E-state index is 5.90. The van der Waals surface area contributed by atoms with Crippen molar-refractivity contribution in [2.24, 2.45) is 0 Å². The summed E-state index contributed by atoms with van der Waals surface area (Å²) >= 11 is 5.14. The second kappa shape index (κ2) is 7.14. The molecular formula is C13H21N3O2S3. The average Bonchev–Trinajstić information content (AvgIpc) is 3.12. The fourth-order valence-corrected chi connectivity index (χ4v) is 5.99. The molecule has 118 valence electrons. The Kier molecular flexibility index (Phi) is 5.45. The van der Waals surface area contributed by atoms with E-state index in [0.29, 0.717) is 11.3 Å². The molecule has 0 amide bonds. The molecule has 0 radical (unpaired) electrons. The first kappa shape index (κ1) is 16.0. The van der Waals surface area contributed by atoms with Gasteiger partial charge in [0.15, 0.2) is 14.5 Å². The number of aromatic nitrogens is 2. The molecule has 0 bridgehead atoms. The van der Waals surface area contributed by atoms with Gasteiger partial charge in [-0.25, -0.2) is 0 Å². The summed E-state index contributed by atoms with van der Waals surface area (Å²) in [5, 5.41) is 12.5. The van der Waals surface area contributed by atoms with Crippen LogP contribution in [-0.2, 0) is 9.47 Å². The highest BCUT2D eigenvalue weighted by molar-refractivity contribution is 8.03. The number of hydrogen-bond acceptors (Lipinski definition) is 8. The predicted molar refractivity (Wildman–Crippen MR) is 87.3 cm³/mol. The quantitative estimate of drug-likeness (QED) is 0.822. The molecule has 0 aromatic carbocycles. The molecule has 2 heterocycles. The van der Waals surface area contributed by atoms with Crippen LogP contribution < -0.4 is 5.32 Å². The van der Waals surface area contributed by atoms with Crippen molar-refractivity contribution in [3.63, 3.8) is 0 Å². The minimum atomic E-state index is -0.351. The fraction of sp³-hybridized carbons (Fsp3) is 0.846. The highest BCUT2D eigenvalue weighted by Crippen LogP contribution is 2.43. The zero-order valence-corrected chi connectivity index (χ0v) is 14.8. The molecule has 1 aliphatic heterocycles. The fourth-order valence-electron chi connectivity index (χ4n) is 2.95. The molecule has 5 nitrogen and oxygen atoms in total. The topological polar surface area (TPSA) is 56.3 Å². The summed E-state index contributed by atoms with van der Waals surface area (Å²) in [4.78, 5) is 0.